The molecule has 1 saturated heterocycles. The molecule has 0 radical (unpaired) electrons. The van der Waals surface area contributed by atoms with E-state index < -0.39 is 17.8 Å². The van der Waals surface area contributed by atoms with Crippen LogP contribution in [-0.2, 0) is 20.8 Å². The molecule has 0 bridgehead atoms. The fourth-order valence-corrected chi connectivity index (χ4v) is 1.72. The van der Waals surface area contributed by atoms with Crippen molar-refractivity contribution >= 4 is 23.7 Å². The van der Waals surface area contributed by atoms with Crippen LogP contribution in [0.4, 0.5) is 5.95 Å². The van der Waals surface area contributed by atoms with Crippen LogP contribution < -0.4 is 10.6 Å². The summed E-state index contributed by atoms with van der Waals surface area (Å²) in [6, 6.07) is 0. The summed E-state index contributed by atoms with van der Waals surface area (Å²) in [4.78, 5) is 38.2. The topological polar surface area (TPSA) is 142 Å². The second-order valence-electron chi connectivity index (χ2n) is 3.96. The third-order valence-corrected chi connectivity index (χ3v) is 2.61. The Bertz CT molecular complexity index is 511. The van der Waals surface area contributed by atoms with Gasteiger partial charge in [0, 0.05) is 13.0 Å². The fraction of sp³-hybridized carbons (Fsp3) is 0.444. The van der Waals surface area contributed by atoms with Crippen LogP contribution in [0, 0.1) is 5.92 Å². The first-order chi connectivity index (χ1) is 8.47. The van der Waals surface area contributed by atoms with Gasteiger partial charge in [0.05, 0.1) is 5.92 Å². The number of aromatic nitrogens is 3. The lowest BCUT2D eigenvalue weighted by Gasteiger charge is -2.10. The van der Waals surface area contributed by atoms with Gasteiger partial charge < -0.3 is 10.8 Å². The minimum Gasteiger partial charge on any atom is -0.481 e. The number of primary amides is 1. The van der Waals surface area contributed by atoms with E-state index in [1.54, 1.807) is 0 Å². The van der Waals surface area contributed by atoms with Crippen molar-refractivity contribution in [3.05, 3.63) is 5.82 Å². The highest BCUT2D eigenvalue weighted by Crippen LogP contribution is 2.21. The predicted octanol–water partition coefficient (Wildman–Crippen LogP) is -1.73. The Morgan fingerprint density at radius 3 is 2.83 bits per heavy atom. The monoisotopic (exact) mass is 253 g/mol. The van der Waals surface area contributed by atoms with Gasteiger partial charge in [0.2, 0.25) is 11.8 Å². The summed E-state index contributed by atoms with van der Waals surface area (Å²) in [5.74, 6) is -2.25. The first-order valence-electron chi connectivity index (χ1n) is 5.20. The van der Waals surface area contributed by atoms with Crippen LogP contribution in [0.3, 0.4) is 0 Å². The van der Waals surface area contributed by atoms with Crippen LogP contribution in [-0.4, -0.2) is 44.6 Å². The van der Waals surface area contributed by atoms with Crippen LogP contribution in [0.1, 0.15) is 12.2 Å². The third-order valence-electron chi connectivity index (χ3n) is 2.61. The average Bonchev–Trinajstić information content (AvgIpc) is 2.83. The Kier molecular flexibility index (Phi) is 2.96. The van der Waals surface area contributed by atoms with Crippen LogP contribution in [0.2, 0.25) is 0 Å². The van der Waals surface area contributed by atoms with E-state index >= 15 is 0 Å². The van der Waals surface area contributed by atoms with E-state index in [1.807, 2.05) is 0 Å². The molecule has 9 nitrogen and oxygen atoms in total. The number of amides is 2. The van der Waals surface area contributed by atoms with Gasteiger partial charge in [0.1, 0.15) is 12.2 Å². The van der Waals surface area contributed by atoms with Gasteiger partial charge in [0.25, 0.3) is 5.95 Å². The second kappa shape index (κ2) is 4.43. The number of aliphatic carboxylic acids is 1. The lowest BCUT2D eigenvalue weighted by molar-refractivity contribution is -0.136. The van der Waals surface area contributed by atoms with Gasteiger partial charge in [-0.15, -0.1) is 5.10 Å². The number of aromatic amines is 1. The zero-order valence-electron chi connectivity index (χ0n) is 9.29. The minimum absolute atomic E-state index is 0.0259. The van der Waals surface area contributed by atoms with Crippen LogP contribution >= 0.6 is 0 Å². The summed E-state index contributed by atoms with van der Waals surface area (Å²) in [7, 11) is 0. The highest BCUT2D eigenvalue weighted by atomic mass is 16.4. The average molecular weight is 253 g/mol. The summed E-state index contributed by atoms with van der Waals surface area (Å²) in [5.41, 5.74) is 5.13. The maximum absolute atomic E-state index is 11.6. The Morgan fingerprint density at radius 1 is 1.56 bits per heavy atom. The second-order valence-corrected chi connectivity index (χ2v) is 3.96. The molecule has 1 unspecified atom stereocenters. The number of carbonyl (C=O) groups excluding carboxylic acids is 2. The van der Waals surface area contributed by atoms with Crippen LogP contribution in [0.25, 0.3) is 0 Å². The molecule has 96 valence electrons. The highest BCUT2D eigenvalue weighted by molar-refractivity contribution is 5.98. The maximum atomic E-state index is 11.6. The third kappa shape index (κ3) is 2.29. The molecular formula is C9H11N5O4. The maximum Gasteiger partial charge on any atom is 0.311 e. The van der Waals surface area contributed by atoms with E-state index in [0.717, 1.165) is 0 Å². The van der Waals surface area contributed by atoms with Crippen LogP contribution in [0.15, 0.2) is 0 Å². The molecule has 18 heavy (non-hydrogen) atoms. The van der Waals surface area contributed by atoms with Crippen molar-refractivity contribution in [2.24, 2.45) is 11.7 Å². The van der Waals surface area contributed by atoms with Gasteiger partial charge >= 0.3 is 5.97 Å². The van der Waals surface area contributed by atoms with Gasteiger partial charge in [-0.05, 0) is 0 Å². The van der Waals surface area contributed by atoms with Gasteiger partial charge in [0.15, 0.2) is 0 Å². The molecule has 9 heteroatoms. The smallest absolute Gasteiger partial charge is 0.311 e. The molecule has 1 fully saturated rings. The highest BCUT2D eigenvalue weighted by Gasteiger charge is 2.35. The molecule has 1 aromatic heterocycles. The number of nitrogens with zero attached hydrogens (tertiary/aromatic N) is 3. The summed E-state index contributed by atoms with van der Waals surface area (Å²) >= 11 is 0. The van der Waals surface area contributed by atoms with Crippen molar-refractivity contribution in [1.29, 1.82) is 0 Å². The fourth-order valence-electron chi connectivity index (χ4n) is 1.72. The summed E-state index contributed by atoms with van der Waals surface area (Å²) in [5, 5.41) is 14.8. The van der Waals surface area contributed by atoms with E-state index in [4.69, 9.17) is 10.8 Å². The number of anilines is 1. The van der Waals surface area contributed by atoms with Crippen LogP contribution in [0.5, 0.6) is 0 Å². The molecular weight excluding hydrogens is 242 g/mol. The lowest BCUT2D eigenvalue weighted by atomic mass is 10.1. The number of nitrogens with one attached hydrogen (secondary N) is 1. The standard InChI is InChI=1S/C9H11N5O4/c10-8(18)4-1-6(15)14(3-4)9-11-5(12-13-9)2-7(16)17/h4H,1-3H2,(H2,10,18)(H,16,17)(H,11,12,13). The molecule has 2 rings (SSSR count). The van der Waals surface area contributed by atoms with Crippen molar-refractivity contribution in [2.75, 3.05) is 11.4 Å². The molecule has 1 aliphatic rings. The molecule has 0 spiro atoms. The molecule has 1 aromatic rings. The molecule has 4 N–H and O–H groups in total. The number of nitrogens with two attached hydrogens (primary N) is 1. The van der Waals surface area contributed by atoms with Crippen molar-refractivity contribution in [1.82, 2.24) is 15.2 Å². The molecule has 1 atom stereocenters. The largest absolute Gasteiger partial charge is 0.481 e. The van der Waals surface area contributed by atoms with E-state index in [2.05, 4.69) is 15.2 Å². The summed E-state index contributed by atoms with van der Waals surface area (Å²) in [6.45, 7) is 0.124. The van der Waals surface area contributed by atoms with Gasteiger partial charge in [-0.2, -0.15) is 4.98 Å². The van der Waals surface area contributed by atoms with Gasteiger partial charge in [-0.25, -0.2) is 0 Å². The van der Waals surface area contributed by atoms with Gasteiger partial charge in [-0.1, -0.05) is 0 Å². The zero-order chi connectivity index (χ0) is 13.3. The Balaban J connectivity index is 2.12. The number of carboxylic acids is 1. The number of carboxylic acid groups (broad SMARTS) is 1. The summed E-state index contributed by atoms with van der Waals surface area (Å²) < 4.78 is 0. The van der Waals surface area contributed by atoms with Gasteiger partial charge in [-0.3, -0.25) is 24.4 Å². The van der Waals surface area contributed by atoms with E-state index in [0.29, 0.717) is 0 Å². The molecule has 0 aromatic carbocycles. The number of hydrogen-bond acceptors (Lipinski definition) is 5. The Labute approximate surface area is 101 Å². The zero-order valence-corrected chi connectivity index (χ0v) is 9.29. The first-order valence-corrected chi connectivity index (χ1v) is 5.20. The SMILES string of the molecule is NC(=O)C1CC(=O)N(c2n[nH]c(CC(=O)O)n2)C1. The van der Waals surface area contributed by atoms with Crippen molar-refractivity contribution in [2.45, 2.75) is 12.8 Å². The molecule has 1 aliphatic heterocycles. The predicted molar refractivity (Wildman–Crippen MR) is 57.4 cm³/mol. The van der Waals surface area contributed by atoms with Crippen molar-refractivity contribution < 1.29 is 19.5 Å². The Morgan fingerprint density at radius 2 is 2.28 bits per heavy atom. The van der Waals surface area contributed by atoms with E-state index in [9.17, 15) is 14.4 Å². The first kappa shape index (κ1) is 12.0. The molecule has 0 saturated carbocycles. The Hall–Kier alpha value is -2.45. The molecule has 0 aliphatic carbocycles. The lowest BCUT2D eigenvalue weighted by Crippen LogP contribution is -2.29. The normalized spacial score (nSPS) is 19.2. The summed E-state index contributed by atoms with van der Waals surface area (Å²) in [6.07, 6.45) is -0.285. The molecule has 2 heterocycles. The number of carbonyl (C=O) groups is 3. The quantitative estimate of drug-likeness (QED) is 0.582. The number of hydrogen-bond donors (Lipinski definition) is 3. The minimum atomic E-state index is -1.06. The van der Waals surface area contributed by atoms with E-state index in [1.165, 1.54) is 4.90 Å². The van der Waals surface area contributed by atoms with E-state index in [-0.39, 0.29) is 37.1 Å². The van der Waals surface area contributed by atoms with Crippen molar-refractivity contribution in [3.63, 3.8) is 0 Å². The molecule has 2 amide bonds. The number of rotatable bonds is 4. The van der Waals surface area contributed by atoms with Crippen molar-refractivity contribution in [3.8, 4) is 0 Å². The number of H-pyrrole nitrogens is 1.